The Kier molecular flexibility index (Phi) is 5.11. The van der Waals surface area contributed by atoms with Crippen LogP contribution in [0.1, 0.15) is 75.6 Å². The predicted octanol–water partition coefficient (Wildman–Crippen LogP) is 4.71. The summed E-state index contributed by atoms with van der Waals surface area (Å²) >= 11 is 0. The average molecular weight is 436 g/mol. The highest BCUT2D eigenvalue weighted by molar-refractivity contribution is 5.87. The Morgan fingerprint density at radius 1 is 1.19 bits per heavy atom. The summed E-state index contributed by atoms with van der Waals surface area (Å²) in [5.41, 5.74) is 0.155. The second-order valence-corrected chi connectivity index (χ2v) is 10.5. The fraction of sp³-hybridized carbons (Fsp3) is 0.750. The van der Waals surface area contributed by atoms with Crippen LogP contribution in [0.3, 0.4) is 0 Å². The molecule has 4 nitrogen and oxygen atoms in total. The molecule has 1 spiro atoms. The van der Waals surface area contributed by atoms with Crippen LogP contribution in [0.5, 0.6) is 0 Å². The van der Waals surface area contributed by atoms with Crippen LogP contribution in [0.4, 0.5) is 13.2 Å². The second-order valence-electron chi connectivity index (χ2n) is 10.5. The van der Waals surface area contributed by atoms with Crippen LogP contribution in [0.2, 0.25) is 0 Å². The van der Waals surface area contributed by atoms with Crippen molar-refractivity contribution in [2.45, 2.75) is 96.1 Å². The van der Waals surface area contributed by atoms with Gasteiger partial charge in [-0.2, -0.15) is 13.2 Å². The first-order valence-electron chi connectivity index (χ1n) is 11.8. The first-order valence-corrected chi connectivity index (χ1v) is 11.8. The van der Waals surface area contributed by atoms with Crippen molar-refractivity contribution in [3.8, 4) is 0 Å². The van der Waals surface area contributed by atoms with Gasteiger partial charge in [-0.15, -0.1) is 0 Å². The molecule has 4 aliphatic rings. The monoisotopic (exact) mass is 435 g/mol. The van der Waals surface area contributed by atoms with E-state index in [1.54, 1.807) is 0 Å². The van der Waals surface area contributed by atoms with Crippen LogP contribution in [-0.4, -0.2) is 33.9 Å². The number of alkyl halides is 3. The molecular weight excluding hydrogens is 403 g/mol. The number of rotatable bonds is 2. The number of carbonyl (C=O) groups is 1. The number of amides is 1. The Balaban J connectivity index is 1.34. The van der Waals surface area contributed by atoms with Crippen molar-refractivity contribution in [2.24, 2.45) is 17.3 Å². The molecule has 1 aromatic rings. The maximum absolute atomic E-state index is 13.6. The van der Waals surface area contributed by atoms with Gasteiger partial charge in [0.15, 0.2) is 0 Å². The number of hydrogen-bond acceptors (Lipinski definition) is 3. The van der Waals surface area contributed by atoms with E-state index in [0.29, 0.717) is 30.0 Å². The number of nitrogens with one attached hydrogen (secondary N) is 1. The van der Waals surface area contributed by atoms with Crippen molar-refractivity contribution in [1.82, 2.24) is 15.2 Å². The molecule has 0 radical (unpaired) electrons. The van der Waals surface area contributed by atoms with Gasteiger partial charge < -0.3 is 10.2 Å². The van der Waals surface area contributed by atoms with E-state index in [2.05, 4.69) is 24.1 Å². The molecule has 5 rings (SSSR count). The van der Waals surface area contributed by atoms with Gasteiger partial charge in [0.25, 0.3) is 0 Å². The summed E-state index contributed by atoms with van der Waals surface area (Å²) in [5, 5.41) is 3.87. The number of nitrogens with zero attached hydrogens (tertiary/aromatic N) is 2. The van der Waals surface area contributed by atoms with Gasteiger partial charge in [0.05, 0.1) is 11.0 Å². The Hall–Kier alpha value is -1.63. The van der Waals surface area contributed by atoms with Gasteiger partial charge in [0.2, 0.25) is 5.91 Å². The van der Waals surface area contributed by atoms with Crippen molar-refractivity contribution in [3.05, 3.63) is 29.1 Å². The van der Waals surface area contributed by atoms with E-state index in [1.165, 1.54) is 31.7 Å². The summed E-state index contributed by atoms with van der Waals surface area (Å²) in [6, 6.07) is 2.12. The van der Waals surface area contributed by atoms with Gasteiger partial charge in [-0.25, -0.2) is 0 Å². The third-order valence-electron chi connectivity index (χ3n) is 8.78. The third-order valence-corrected chi connectivity index (χ3v) is 8.78. The van der Waals surface area contributed by atoms with Crippen LogP contribution >= 0.6 is 0 Å². The second kappa shape index (κ2) is 7.46. The Labute approximate surface area is 182 Å². The molecule has 2 saturated carbocycles. The molecule has 1 aromatic heterocycles. The SMILES string of the molecule is CC1CCCCC1NC1CC[C@@]2(C1)C(=O)N1Cc3cc(C(F)(F)F)cnc3CC1C2C. The average Bonchev–Trinajstić information content (AvgIpc) is 3.24. The molecule has 1 N–H and O–H groups in total. The van der Waals surface area contributed by atoms with Crippen LogP contribution in [0.25, 0.3) is 0 Å². The molecule has 5 unspecified atom stereocenters. The Morgan fingerprint density at radius 3 is 2.71 bits per heavy atom. The fourth-order valence-electron chi connectivity index (χ4n) is 6.83. The zero-order chi connectivity index (χ0) is 22.0. The summed E-state index contributed by atoms with van der Waals surface area (Å²) in [7, 11) is 0. The van der Waals surface area contributed by atoms with Crippen LogP contribution in [0.15, 0.2) is 12.3 Å². The number of hydrogen-bond donors (Lipinski definition) is 1. The van der Waals surface area contributed by atoms with Gasteiger partial charge in [0, 0.05) is 43.0 Å². The lowest BCUT2D eigenvalue weighted by Gasteiger charge is -2.33. The van der Waals surface area contributed by atoms with E-state index < -0.39 is 11.7 Å². The van der Waals surface area contributed by atoms with E-state index >= 15 is 0 Å². The molecule has 31 heavy (non-hydrogen) atoms. The minimum Gasteiger partial charge on any atom is -0.334 e. The Morgan fingerprint density at radius 2 is 1.97 bits per heavy atom. The highest BCUT2D eigenvalue weighted by Crippen LogP contribution is 2.54. The van der Waals surface area contributed by atoms with Crippen molar-refractivity contribution in [1.29, 1.82) is 0 Å². The van der Waals surface area contributed by atoms with E-state index in [0.717, 1.165) is 31.2 Å². The maximum atomic E-state index is 13.6. The molecule has 1 amide bonds. The molecule has 2 aliphatic heterocycles. The molecule has 2 aliphatic carbocycles. The van der Waals surface area contributed by atoms with Gasteiger partial charge in [-0.05, 0) is 55.6 Å². The molecule has 0 bridgehead atoms. The van der Waals surface area contributed by atoms with E-state index in [4.69, 9.17) is 0 Å². The van der Waals surface area contributed by atoms with E-state index in [-0.39, 0.29) is 29.8 Å². The highest BCUT2D eigenvalue weighted by Gasteiger charge is 2.60. The van der Waals surface area contributed by atoms with Crippen LogP contribution < -0.4 is 5.32 Å². The van der Waals surface area contributed by atoms with E-state index in [1.807, 2.05) is 4.90 Å². The standard InChI is InChI=1S/C24H32F3N3O/c1-14-5-3-4-6-19(14)29-18-7-8-23(11-18)15(2)21-10-20-16(13-30(21)22(23)31)9-17(12-28-20)24(25,26)27/h9,12,14-15,18-19,21,29H,3-8,10-11,13H2,1-2H3/t14?,15?,18?,19?,21?,23-/m0/s1. The van der Waals surface area contributed by atoms with Crippen molar-refractivity contribution in [2.75, 3.05) is 0 Å². The summed E-state index contributed by atoms with van der Waals surface area (Å²) in [6.07, 6.45) is 4.87. The molecule has 170 valence electrons. The number of fused-ring (bicyclic) bond motifs is 2. The minimum absolute atomic E-state index is 0.0385. The quantitative estimate of drug-likeness (QED) is 0.732. The smallest absolute Gasteiger partial charge is 0.334 e. The largest absolute Gasteiger partial charge is 0.417 e. The lowest BCUT2D eigenvalue weighted by atomic mass is 9.73. The highest BCUT2D eigenvalue weighted by atomic mass is 19.4. The number of carbonyl (C=O) groups excluding carboxylic acids is 1. The van der Waals surface area contributed by atoms with Crippen molar-refractivity contribution in [3.63, 3.8) is 0 Å². The van der Waals surface area contributed by atoms with Gasteiger partial charge in [-0.1, -0.05) is 26.7 Å². The fourth-order valence-corrected chi connectivity index (χ4v) is 6.83. The lowest BCUT2D eigenvalue weighted by Crippen LogP contribution is -2.44. The normalized spacial score (nSPS) is 37.9. The molecule has 3 fully saturated rings. The van der Waals surface area contributed by atoms with Crippen molar-refractivity contribution < 1.29 is 18.0 Å². The molecule has 6 atom stereocenters. The van der Waals surface area contributed by atoms with Crippen molar-refractivity contribution >= 4 is 5.91 Å². The lowest BCUT2D eigenvalue weighted by molar-refractivity contribution is -0.138. The zero-order valence-corrected chi connectivity index (χ0v) is 18.3. The van der Waals surface area contributed by atoms with Gasteiger partial charge in [-0.3, -0.25) is 9.78 Å². The van der Waals surface area contributed by atoms with Crippen LogP contribution in [0, 0.1) is 17.3 Å². The third kappa shape index (κ3) is 3.47. The van der Waals surface area contributed by atoms with Gasteiger partial charge >= 0.3 is 6.18 Å². The van der Waals surface area contributed by atoms with Crippen LogP contribution in [-0.2, 0) is 23.9 Å². The number of aromatic nitrogens is 1. The molecule has 3 heterocycles. The molecular formula is C24H32F3N3O. The summed E-state index contributed by atoms with van der Waals surface area (Å²) in [5.74, 6) is 1.01. The maximum Gasteiger partial charge on any atom is 0.417 e. The predicted molar refractivity (Wildman–Crippen MR) is 111 cm³/mol. The number of pyridine rings is 1. The van der Waals surface area contributed by atoms with E-state index in [9.17, 15) is 18.0 Å². The van der Waals surface area contributed by atoms with Gasteiger partial charge in [0.1, 0.15) is 0 Å². The summed E-state index contributed by atoms with van der Waals surface area (Å²) in [6.45, 7) is 4.74. The molecule has 0 aromatic carbocycles. The zero-order valence-electron chi connectivity index (χ0n) is 18.3. The topological polar surface area (TPSA) is 45.2 Å². The minimum atomic E-state index is -4.41. The Bertz CT molecular complexity index is 872. The summed E-state index contributed by atoms with van der Waals surface area (Å²) in [4.78, 5) is 19.6. The summed E-state index contributed by atoms with van der Waals surface area (Å²) < 4.78 is 39.4. The number of halogens is 3. The first kappa shape index (κ1) is 21.2. The first-order chi connectivity index (χ1) is 14.7. The molecule has 7 heteroatoms. The molecule has 1 saturated heterocycles.